The van der Waals surface area contributed by atoms with Gasteiger partial charge in [-0.05, 0) is 18.9 Å². The van der Waals surface area contributed by atoms with E-state index in [4.69, 9.17) is 0 Å². The zero-order valence-electron chi connectivity index (χ0n) is 5.76. The third-order valence-electron chi connectivity index (χ3n) is 2.00. The molecule has 1 saturated heterocycles. The molecule has 0 saturated carbocycles. The Bertz CT molecular complexity index is 103. The van der Waals surface area contributed by atoms with E-state index in [0.29, 0.717) is 0 Å². The van der Waals surface area contributed by atoms with E-state index in [1.165, 1.54) is 6.42 Å². The van der Waals surface area contributed by atoms with Crippen molar-refractivity contribution < 1.29 is 4.79 Å². The van der Waals surface area contributed by atoms with Gasteiger partial charge in [-0.3, -0.25) is 0 Å². The zero-order valence-corrected chi connectivity index (χ0v) is 5.76. The van der Waals surface area contributed by atoms with Crippen LogP contribution >= 0.6 is 0 Å². The maximum atomic E-state index is 10.2. The summed E-state index contributed by atoms with van der Waals surface area (Å²) in [6, 6.07) is 0.148. The predicted octanol–water partition coefficient (Wildman–Crippen LogP) is 0.573. The first kappa shape index (κ1) is 6.75. The third-order valence-corrected chi connectivity index (χ3v) is 2.00. The zero-order chi connectivity index (χ0) is 6.69. The third kappa shape index (κ3) is 1.52. The average Bonchev–Trinajstić information content (AvgIpc) is 2.34. The van der Waals surface area contributed by atoms with Gasteiger partial charge in [0.05, 0.1) is 6.04 Å². The lowest BCUT2D eigenvalue weighted by molar-refractivity contribution is -0.109. The second kappa shape index (κ2) is 2.97. The molecule has 0 aromatic heterocycles. The Morgan fingerprint density at radius 3 is 2.89 bits per heavy atom. The minimum absolute atomic E-state index is 0.148. The maximum Gasteiger partial charge on any atom is 0.136 e. The SMILES string of the molecule is CCC1CNC(C=O)C1. The second-order valence-electron chi connectivity index (χ2n) is 2.66. The predicted molar refractivity (Wildman–Crippen MR) is 36.3 cm³/mol. The molecular formula is C7H13NO. The fourth-order valence-electron chi connectivity index (χ4n) is 1.26. The summed E-state index contributed by atoms with van der Waals surface area (Å²) in [5.41, 5.74) is 0. The van der Waals surface area contributed by atoms with Crippen molar-refractivity contribution in [2.75, 3.05) is 6.54 Å². The largest absolute Gasteiger partial charge is 0.307 e. The monoisotopic (exact) mass is 127 g/mol. The van der Waals surface area contributed by atoms with Crippen molar-refractivity contribution in [1.29, 1.82) is 0 Å². The van der Waals surface area contributed by atoms with Crippen LogP contribution in [0.15, 0.2) is 0 Å². The molecule has 0 spiro atoms. The Balaban J connectivity index is 2.28. The van der Waals surface area contributed by atoms with E-state index in [-0.39, 0.29) is 6.04 Å². The molecule has 0 radical (unpaired) electrons. The highest BCUT2D eigenvalue weighted by molar-refractivity contribution is 5.58. The Morgan fingerprint density at radius 2 is 2.56 bits per heavy atom. The van der Waals surface area contributed by atoms with Gasteiger partial charge in [0.1, 0.15) is 6.29 Å². The molecule has 0 aromatic carbocycles. The molecule has 1 fully saturated rings. The molecule has 9 heavy (non-hydrogen) atoms. The minimum Gasteiger partial charge on any atom is -0.307 e. The summed E-state index contributed by atoms with van der Waals surface area (Å²) < 4.78 is 0. The first-order chi connectivity index (χ1) is 4.36. The van der Waals surface area contributed by atoms with Crippen molar-refractivity contribution in [3.8, 4) is 0 Å². The van der Waals surface area contributed by atoms with E-state index in [2.05, 4.69) is 12.2 Å². The number of aldehydes is 1. The fraction of sp³-hybridized carbons (Fsp3) is 0.857. The van der Waals surface area contributed by atoms with Gasteiger partial charge in [0.25, 0.3) is 0 Å². The van der Waals surface area contributed by atoms with Gasteiger partial charge in [0.15, 0.2) is 0 Å². The highest BCUT2D eigenvalue weighted by Gasteiger charge is 2.21. The highest BCUT2D eigenvalue weighted by Crippen LogP contribution is 2.14. The first-order valence-electron chi connectivity index (χ1n) is 3.55. The molecule has 0 amide bonds. The Kier molecular flexibility index (Phi) is 2.22. The van der Waals surface area contributed by atoms with Crippen LogP contribution in [0.4, 0.5) is 0 Å². The topological polar surface area (TPSA) is 29.1 Å². The van der Waals surface area contributed by atoms with Gasteiger partial charge in [-0.25, -0.2) is 0 Å². The summed E-state index contributed by atoms with van der Waals surface area (Å²) >= 11 is 0. The number of hydrogen-bond acceptors (Lipinski definition) is 2. The van der Waals surface area contributed by atoms with Crippen molar-refractivity contribution in [2.45, 2.75) is 25.8 Å². The molecule has 0 aliphatic carbocycles. The van der Waals surface area contributed by atoms with E-state index >= 15 is 0 Å². The van der Waals surface area contributed by atoms with Gasteiger partial charge in [0, 0.05) is 0 Å². The molecule has 2 unspecified atom stereocenters. The number of carbonyl (C=O) groups excluding carboxylic acids is 1. The first-order valence-corrected chi connectivity index (χ1v) is 3.55. The maximum absolute atomic E-state index is 10.2. The summed E-state index contributed by atoms with van der Waals surface area (Å²) in [6.07, 6.45) is 3.24. The Labute approximate surface area is 55.6 Å². The molecule has 1 heterocycles. The number of nitrogens with one attached hydrogen (secondary N) is 1. The van der Waals surface area contributed by atoms with Crippen LogP contribution in [0.5, 0.6) is 0 Å². The molecule has 2 nitrogen and oxygen atoms in total. The van der Waals surface area contributed by atoms with E-state index in [9.17, 15) is 4.79 Å². The van der Waals surface area contributed by atoms with Crippen LogP contribution in [0.1, 0.15) is 19.8 Å². The lowest BCUT2D eigenvalue weighted by Crippen LogP contribution is -2.22. The molecular weight excluding hydrogens is 114 g/mol. The van der Waals surface area contributed by atoms with Gasteiger partial charge < -0.3 is 10.1 Å². The minimum atomic E-state index is 0.148. The summed E-state index contributed by atoms with van der Waals surface area (Å²) in [6.45, 7) is 3.19. The summed E-state index contributed by atoms with van der Waals surface area (Å²) in [5, 5.41) is 3.14. The van der Waals surface area contributed by atoms with Crippen molar-refractivity contribution in [1.82, 2.24) is 5.32 Å². The molecule has 1 aliphatic rings. The highest BCUT2D eigenvalue weighted by atomic mass is 16.1. The van der Waals surface area contributed by atoms with Crippen LogP contribution in [0, 0.1) is 5.92 Å². The standard InChI is InChI=1S/C7H13NO/c1-2-6-3-7(5-9)8-4-6/h5-8H,2-4H2,1H3. The second-order valence-corrected chi connectivity index (χ2v) is 2.66. The number of rotatable bonds is 2. The molecule has 1 N–H and O–H groups in total. The summed E-state index contributed by atoms with van der Waals surface area (Å²) in [4.78, 5) is 10.2. The van der Waals surface area contributed by atoms with Crippen LogP contribution in [0.25, 0.3) is 0 Å². The smallest absolute Gasteiger partial charge is 0.136 e. The lowest BCUT2D eigenvalue weighted by Gasteiger charge is -1.99. The Hall–Kier alpha value is -0.370. The van der Waals surface area contributed by atoms with Gasteiger partial charge in [-0.2, -0.15) is 0 Å². The number of hydrogen-bond donors (Lipinski definition) is 1. The van der Waals surface area contributed by atoms with Crippen LogP contribution in [-0.2, 0) is 4.79 Å². The van der Waals surface area contributed by atoms with Crippen LogP contribution in [0.2, 0.25) is 0 Å². The molecule has 52 valence electrons. The van der Waals surface area contributed by atoms with Gasteiger partial charge in [-0.1, -0.05) is 13.3 Å². The quantitative estimate of drug-likeness (QED) is 0.549. The van der Waals surface area contributed by atoms with Crippen molar-refractivity contribution in [2.24, 2.45) is 5.92 Å². The van der Waals surface area contributed by atoms with Gasteiger partial charge >= 0.3 is 0 Å². The van der Waals surface area contributed by atoms with Gasteiger partial charge in [-0.15, -0.1) is 0 Å². The summed E-state index contributed by atoms with van der Waals surface area (Å²) in [5.74, 6) is 0.736. The molecule has 0 bridgehead atoms. The van der Waals surface area contributed by atoms with Crippen LogP contribution in [-0.4, -0.2) is 18.9 Å². The molecule has 1 rings (SSSR count). The van der Waals surface area contributed by atoms with Crippen molar-refractivity contribution in [3.05, 3.63) is 0 Å². The Morgan fingerprint density at radius 1 is 1.78 bits per heavy atom. The van der Waals surface area contributed by atoms with Gasteiger partial charge in [0.2, 0.25) is 0 Å². The summed E-state index contributed by atoms with van der Waals surface area (Å²) in [7, 11) is 0. The average molecular weight is 127 g/mol. The van der Waals surface area contributed by atoms with Crippen molar-refractivity contribution in [3.63, 3.8) is 0 Å². The normalized spacial score (nSPS) is 34.8. The van der Waals surface area contributed by atoms with Crippen LogP contribution < -0.4 is 5.32 Å². The van der Waals surface area contributed by atoms with E-state index in [1.54, 1.807) is 0 Å². The fourth-order valence-corrected chi connectivity index (χ4v) is 1.26. The van der Waals surface area contributed by atoms with E-state index in [0.717, 1.165) is 25.2 Å². The molecule has 0 aromatic rings. The molecule has 2 atom stereocenters. The number of carbonyl (C=O) groups is 1. The lowest BCUT2D eigenvalue weighted by atomic mass is 10.0. The van der Waals surface area contributed by atoms with E-state index < -0.39 is 0 Å². The molecule has 2 heteroatoms. The molecule has 1 aliphatic heterocycles. The van der Waals surface area contributed by atoms with E-state index in [1.807, 2.05) is 0 Å². The van der Waals surface area contributed by atoms with Crippen LogP contribution in [0.3, 0.4) is 0 Å². The van der Waals surface area contributed by atoms with Crippen molar-refractivity contribution >= 4 is 6.29 Å².